The summed E-state index contributed by atoms with van der Waals surface area (Å²) in [5.41, 5.74) is 0. The minimum atomic E-state index is -2.36. The highest BCUT2D eigenvalue weighted by atomic mass is 35.6. The smallest absolute Gasteiger partial charge is 0.303 e. The monoisotopic (exact) mass is 491 g/mol. The molecule has 0 radical (unpaired) electrons. The first-order valence-corrected chi connectivity index (χ1v) is 9.25. The second-order valence-corrected chi connectivity index (χ2v) is 7.93. The predicted molar refractivity (Wildman–Crippen MR) is 102 cm³/mol. The highest BCUT2D eigenvalue weighted by Crippen LogP contribution is 2.29. The Morgan fingerprint density at radius 2 is 1.30 bits per heavy atom. The minimum Gasteiger partial charge on any atom is -0.467 e. The molecule has 0 saturated carbocycles. The van der Waals surface area contributed by atoms with E-state index in [0.717, 1.165) is 27.7 Å². The van der Waals surface area contributed by atoms with Crippen molar-refractivity contribution < 1.29 is 47.7 Å². The number of carbonyl (C=O) groups excluding carboxylic acids is 5. The van der Waals surface area contributed by atoms with Gasteiger partial charge in [0.25, 0.3) is 3.79 Å². The third-order valence-corrected chi connectivity index (χ3v) is 3.55. The lowest BCUT2D eigenvalue weighted by molar-refractivity contribution is -0.194. The number of halogens is 3. The summed E-state index contributed by atoms with van der Waals surface area (Å²) in [5, 5.41) is 7.72. The molecule has 0 amide bonds. The highest BCUT2D eigenvalue weighted by Gasteiger charge is 2.45. The van der Waals surface area contributed by atoms with Crippen LogP contribution in [0.5, 0.6) is 0 Å². The van der Waals surface area contributed by atoms with E-state index in [1.54, 1.807) is 0 Å². The first kappa shape index (κ1) is 27.9. The molecule has 0 saturated heterocycles. The normalized spacial score (nSPS) is 14.9. The topological polar surface area (TPSA) is 155 Å². The Balaban J connectivity index is 6.26. The maximum absolute atomic E-state index is 11.6. The van der Waals surface area contributed by atoms with Gasteiger partial charge >= 0.3 is 23.9 Å². The standard InChI is InChI=1S/C16H20Cl3NO10/c1-7(22)26-6-12(30-15(20)16(17,18)19)14(29-10(4)25)13(28-9(3)24)11(5-21)27-8(2)23/h5,11-14,20H,6H2,1-4H3/t11-,12+,13+,14+/m0/s1. The van der Waals surface area contributed by atoms with Crippen molar-refractivity contribution in [2.24, 2.45) is 0 Å². The maximum Gasteiger partial charge on any atom is 0.303 e. The van der Waals surface area contributed by atoms with Crippen LogP contribution in [-0.4, -0.2) is 70.9 Å². The van der Waals surface area contributed by atoms with Gasteiger partial charge in [-0.1, -0.05) is 34.8 Å². The van der Waals surface area contributed by atoms with Gasteiger partial charge < -0.3 is 23.7 Å². The molecule has 0 aliphatic rings. The van der Waals surface area contributed by atoms with E-state index in [4.69, 9.17) is 63.9 Å². The van der Waals surface area contributed by atoms with Crippen LogP contribution in [-0.2, 0) is 47.7 Å². The van der Waals surface area contributed by atoms with Gasteiger partial charge in [-0.25, -0.2) is 0 Å². The zero-order chi connectivity index (χ0) is 23.6. The van der Waals surface area contributed by atoms with Crippen LogP contribution in [0.2, 0.25) is 0 Å². The van der Waals surface area contributed by atoms with Gasteiger partial charge in [0.2, 0.25) is 5.90 Å². The Morgan fingerprint density at radius 3 is 1.67 bits per heavy atom. The molecule has 11 nitrogen and oxygen atoms in total. The molecule has 0 aliphatic carbocycles. The van der Waals surface area contributed by atoms with Crippen molar-refractivity contribution in [2.45, 2.75) is 55.9 Å². The summed E-state index contributed by atoms with van der Waals surface area (Å²) in [7, 11) is 0. The lowest BCUT2D eigenvalue weighted by Crippen LogP contribution is -2.54. The van der Waals surface area contributed by atoms with Gasteiger partial charge in [0, 0.05) is 27.7 Å². The fraction of sp³-hybridized carbons (Fsp3) is 0.625. The first-order chi connectivity index (χ1) is 13.7. The second-order valence-electron chi connectivity index (χ2n) is 5.64. The van der Waals surface area contributed by atoms with E-state index in [1.807, 2.05) is 0 Å². The average molecular weight is 493 g/mol. The predicted octanol–water partition coefficient (Wildman–Crippen LogP) is 1.28. The van der Waals surface area contributed by atoms with E-state index in [1.165, 1.54) is 0 Å². The fourth-order valence-corrected chi connectivity index (χ4v) is 2.17. The van der Waals surface area contributed by atoms with Crippen LogP contribution in [0.1, 0.15) is 27.7 Å². The molecule has 14 heteroatoms. The Bertz CT molecular complexity index is 679. The Morgan fingerprint density at radius 1 is 0.833 bits per heavy atom. The van der Waals surface area contributed by atoms with Crippen LogP contribution in [0.3, 0.4) is 0 Å². The van der Waals surface area contributed by atoms with Gasteiger partial charge in [-0.15, -0.1) is 0 Å². The summed E-state index contributed by atoms with van der Waals surface area (Å²) >= 11 is 16.7. The number of ether oxygens (including phenoxy) is 5. The van der Waals surface area contributed by atoms with Gasteiger partial charge in [-0.05, 0) is 0 Å². The molecule has 0 aromatic rings. The van der Waals surface area contributed by atoms with E-state index >= 15 is 0 Å². The number of rotatable bonds is 10. The molecule has 0 aromatic heterocycles. The van der Waals surface area contributed by atoms with Crippen LogP contribution >= 0.6 is 34.8 Å². The van der Waals surface area contributed by atoms with E-state index in [-0.39, 0.29) is 6.29 Å². The van der Waals surface area contributed by atoms with Crippen molar-refractivity contribution in [1.82, 2.24) is 0 Å². The summed E-state index contributed by atoms with van der Waals surface area (Å²) in [6, 6.07) is 0. The van der Waals surface area contributed by atoms with Crippen molar-refractivity contribution >= 4 is 70.9 Å². The number of aldehydes is 1. The molecule has 0 rings (SSSR count). The van der Waals surface area contributed by atoms with Crippen molar-refractivity contribution in [2.75, 3.05) is 6.61 Å². The Kier molecular flexibility index (Phi) is 11.7. The second kappa shape index (κ2) is 12.6. The molecule has 0 fully saturated rings. The van der Waals surface area contributed by atoms with Crippen LogP contribution < -0.4 is 0 Å². The largest absolute Gasteiger partial charge is 0.467 e. The zero-order valence-electron chi connectivity index (χ0n) is 16.3. The van der Waals surface area contributed by atoms with Crippen molar-refractivity contribution in [3.05, 3.63) is 0 Å². The third-order valence-electron chi connectivity index (χ3n) is 3.03. The third kappa shape index (κ3) is 10.6. The molecule has 0 spiro atoms. The van der Waals surface area contributed by atoms with Gasteiger partial charge in [0.05, 0.1) is 0 Å². The highest BCUT2D eigenvalue weighted by molar-refractivity contribution is 6.76. The molecule has 30 heavy (non-hydrogen) atoms. The number of hydrogen-bond donors (Lipinski definition) is 1. The molecule has 0 bridgehead atoms. The summed E-state index contributed by atoms with van der Waals surface area (Å²) in [6.45, 7) is 3.30. The number of carbonyl (C=O) groups is 5. The molecule has 0 aliphatic heterocycles. The lowest BCUT2D eigenvalue weighted by atomic mass is 10.0. The van der Waals surface area contributed by atoms with Crippen LogP contribution in [0.25, 0.3) is 0 Å². The molecule has 0 unspecified atom stereocenters. The minimum absolute atomic E-state index is 0.120. The van der Waals surface area contributed by atoms with E-state index in [2.05, 4.69) is 0 Å². The van der Waals surface area contributed by atoms with Crippen molar-refractivity contribution in [3.63, 3.8) is 0 Å². The molecule has 0 heterocycles. The number of hydrogen-bond acceptors (Lipinski definition) is 11. The zero-order valence-corrected chi connectivity index (χ0v) is 18.6. The number of alkyl halides is 3. The maximum atomic E-state index is 11.6. The summed E-state index contributed by atoms with van der Waals surface area (Å²) < 4.78 is 22.5. The SMILES string of the molecule is CC(=O)OC[C@@H](OC(=N)C(Cl)(Cl)Cl)[C@@H](OC(C)=O)[C@H](OC(C)=O)[C@H](C=O)OC(C)=O. The van der Waals surface area contributed by atoms with E-state index in [9.17, 15) is 24.0 Å². The number of nitrogens with one attached hydrogen (secondary N) is 1. The molecule has 0 aromatic carbocycles. The van der Waals surface area contributed by atoms with Gasteiger partial charge in [0.15, 0.2) is 30.7 Å². The van der Waals surface area contributed by atoms with Crippen LogP contribution in [0.15, 0.2) is 0 Å². The first-order valence-electron chi connectivity index (χ1n) is 8.11. The quantitative estimate of drug-likeness (QED) is 0.118. The van der Waals surface area contributed by atoms with Gasteiger partial charge in [-0.3, -0.25) is 29.4 Å². The van der Waals surface area contributed by atoms with Gasteiger partial charge in [0.1, 0.15) is 6.61 Å². The fourth-order valence-electron chi connectivity index (χ4n) is 2.04. The van der Waals surface area contributed by atoms with E-state index in [0.29, 0.717) is 0 Å². The molecular weight excluding hydrogens is 473 g/mol. The summed E-state index contributed by atoms with van der Waals surface area (Å²) in [6.07, 6.45) is -6.72. The molecule has 4 atom stereocenters. The molecular formula is C16H20Cl3NO10. The Hall–Kier alpha value is -2.11. The van der Waals surface area contributed by atoms with Crippen LogP contribution in [0, 0.1) is 5.41 Å². The molecule has 170 valence electrons. The Labute approximate surface area is 186 Å². The number of esters is 4. The summed E-state index contributed by atoms with van der Waals surface area (Å²) in [4.78, 5) is 57.3. The average Bonchev–Trinajstić information content (AvgIpc) is 2.57. The van der Waals surface area contributed by atoms with Crippen LogP contribution in [0.4, 0.5) is 0 Å². The van der Waals surface area contributed by atoms with Gasteiger partial charge in [-0.2, -0.15) is 0 Å². The van der Waals surface area contributed by atoms with Crippen molar-refractivity contribution in [3.8, 4) is 0 Å². The molecule has 1 N–H and O–H groups in total. The van der Waals surface area contributed by atoms with E-state index < -0.39 is 64.6 Å². The summed E-state index contributed by atoms with van der Waals surface area (Å²) in [5.74, 6) is -4.56. The lowest BCUT2D eigenvalue weighted by Gasteiger charge is -2.34. The van der Waals surface area contributed by atoms with Crippen molar-refractivity contribution in [1.29, 1.82) is 5.41 Å².